The van der Waals surface area contributed by atoms with Crippen LogP contribution in [-0.4, -0.2) is 27.3 Å². The fourth-order valence-corrected chi connectivity index (χ4v) is 1.53. The summed E-state index contributed by atoms with van der Waals surface area (Å²) in [5, 5.41) is 28.4. The molecular weight excluding hydrogens is 234 g/mol. The highest BCUT2D eigenvalue weighted by atomic mass is 35.5. The molecule has 0 aliphatic heterocycles. The third-order valence-corrected chi connectivity index (χ3v) is 2.51. The minimum absolute atomic E-state index is 0.0569. The van der Waals surface area contributed by atoms with Crippen molar-refractivity contribution in [1.29, 1.82) is 0 Å². The van der Waals surface area contributed by atoms with E-state index < -0.39 is 18.1 Å². The molecule has 0 aliphatic carbocycles. The number of rotatable bonds is 4. The molecule has 0 saturated carbocycles. The molecule has 2 unspecified atom stereocenters. The van der Waals surface area contributed by atoms with Gasteiger partial charge in [-0.2, -0.15) is 0 Å². The predicted molar refractivity (Wildman–Crippen MR) is 57.9 cm³/mol. The predicted octanol–water partition coefficient (Wildman–Crippen LogP) is 0.315. The van der Waals surface area contributed by atoms with Gasteiger partial charge >= 0.3 is 0 Å². The number of phenols is 1. The van der Waals surface area contributed by atoms with Gasteiger partial charge in [-0.25, -0.2) is 0 Å². The van der Waals surface area contributed by atoms with Gasteiger partial charge in [-0.1, -0.05) is 23.7 Å². The van der Waals surface area contributed by atoms with Crippen LogP contribution >= 0.6 is 11.6 Å². The molecule has 2 atom stereocenters. The van der Waals surface area contributed by atoms with E-state index in [2.05, 4.69) is 0 Å². The number of aromatic hydroxyl groups is 1. The second-order valence-corrected chi connectivity index (χ2v) is 3.74. The molecule has 0 spiro atoms. The number of carbonyl (C=O) groups excluding carboxylic acids is 1. The Morgan fingerprint density at radius 1 is 1.44 bits per heavy atom. The van der Waals surface area contributed by atoms with Gasteiger partial charge < -0.3 is 21.1 Å². The van der Waals surface area contributed by atoms with Crippen molar-refractivity contribution in [2.75, 3.05) is 0 Å². The van der Waals surface area contributed by atoms with E-state index in [0.717, 1.165) is 0 Å². The molecule has 0 heterocycles. The van der Waals surface area contributed by atoms with Crippen LogP contribution in [0.3, 0.4) is 0 Å². The Balaban J connectivity index is 2.91. The van der Waals surface area contributed by atoms with Crippen LogP contribution < -0.4 is 5.73 Å². The molecule has 1 aromatic rings. The molecule has 5 N–H and O–H groups in total. The molecule has 1 amide bonds. The maximum Gasteiger partial charge on any atom is 0.220 e. The molecule has 0 bridgehead atoms. The monoisotopic (exact) mass is 245 g/mol. The molecule has 6 heteroatoms. The number of hydrogen-bond acceptors (Lipinski definition) is 4. The quantitative estimate of drug-likeness (QED) is 0.613. The van der Waals surface area contributed by atoms with Gasteiger partial charge in [0.1, 0.15) is 11.9 Å². The Hall–Kier alpha value is -1.30. The summed E-state index contributed by atoms with van der Waals surface area (Å²) >= 11 is 5.73. The van der Waals surface area contributed by atoms with Crippen molar-refractivity contribution in [1.82, 2.24) is 0 Å². The van der Waals surface area contributed by atoms with E-state index in [0.29, 0.717) is 0 Å². The Labute approximate surface area is 97.1 Å². The highest BCUT2D eigenvalue weighted by Gasteiger charge is 2.23. The first kappa shape index (κ1) is 12.8. The summed E-state index contributed by atoms with van der Waals surface area (Å²) < 4.78 is 0. The van der Waals surface area contributed by atoms with E-state index in [1.54, 1.807) is 0 Å². The van der Waals surface area contributed by atoms with E-state index in [4.69, 9.17) is 17.3 Å². The van der Waals surface area contributed by atoms with Crippen molar-refractivity contribution in [2.45, 2.75) is 18.6 Å². The lowest BCUT2D eigenvalue weighted by Gasteiger charge is -2.18. The lowest BCUT2D eigenvalue weighted by molar-refractivity contribution is -0.121. The summed E-state index contributed by atoms with van der Waals surface area (Å²) in [6.07, 6.45) is -3.10. The normalized spacial score (nSPS) is 14.4. The van der Waals surface area contributed by atoms with E-state index in [-0.39, 0.29) is 22.8 Å². The standard InChI is InChI=1S/C10H12ClNO4/c11-9-5(2-1-3-6(9)13)10(16)7(14)4-8(12)15/h1-3,7,10,13-14,16H,4H2,(H2,12,15). The Bertz CT molecular complexity index is 396. The highest BCUT2D eigenvalue weighted by Crippen LogP contribution is 2.32. The number of primary amides is 1. The summed E-state index contributed by atoms with van der Waals surface area (Å²) in [7, 11) is 0. The average Bonchev–Trinajstić information content (AvgIpc) is 2.20. The van der Waals surface area contributed by atoms with Crippen LogP contribution in [0.1, 0.15) is 18.1 Å². The summed E-state index contributed by atoms with van der Waals surface area (Å²) in [4.78, 5) is 10.6. The molecule has 88 valence electrons. The van der Waals surface area contributed by atoms with Crippen molar-refractivity contribution in [2.24, 2.45) is 5.73 Å². The third-order valence-electron chi connectivity index (χ3n) is 2.10. The third kappa shape index (κ3) is 2.85. The second kappa shape index (κ2) is 5.16. The zero-order chi connectivity index (χ0) is 12.3. The van der Waals surface area contributed by atoms with Crippen LogP contribution in [0, 0.1) is 0 Å². The molecule has 0 fully saturated rings. The van der Waals surface area contributed by atoms with Gasteiger partial charge in [0.15, 0.2) is 0 Å². The molecule has 0 aliphatic rings. The van der Waals surface area contributed by atoms with Gasteiger partial charge in [0, 0.05) is 5.56 Å². The first-order chi connectivity index (χ1) is 7.43. The number of aliphatic hydroxyl groups is 2. The molecule has 0 aromatic heterocycles. The number of aliphatic hydroxyl groups excluding tert-OH is 2. The largest absolute Gasteiger partial charge is 0.506 e. The van der Waals surface area contributed by atoms with Gasteiger partial charge in [0.05, 0.1) is 17.5 Å². The Morgan fingerprint density at radius 2 is 2.06 bits per heavy atom. The van der Waals surface area contributed by atoms with Crippen LogP contribution in [-0.2, 0) is 4.79 Å². The summed E-state index contributed by atoms with van der Waals surface area (Å²) in [6.45, 7) is 0. The number of amides is 1. The first-order valence-electron chi connectivity index (χ1n) is 4.55. The number of nitrogens with two attached hydrogens (primary N) is 1. The van der Waals surface area contributed by atoms with E-state index >= 15 is 0 Å². The average molecular weight is 246 g/mol. The number of hydrogen-bond donors (Lipinski definition) is 4. The van der Waals surface area contributed by atoms with Crippen molar-refractivity contribution >= 4 is 17.5 Å². The molecule has 0 saturated heterocycles. The van der Waals surface area contributed by atoms with Crippen LogP contribution in [0.5, 0.6) is 5.75 Å². The number of benzene rings is 1. The topological polar surface area (TPSA) is 104 Å². The molecule has 16 heavy (non-hydrogen) atoms. The van der Waals surface area contributed by atoms with Gasteiger partial charge in [-0.15, -0.1) is 0 Å². The second-order valence-electron chi connectivity index (χ2n) is 3.36. The Kier molecular flexibility index (Phi) is 4.12. The number of phenolic OH excluding ortho intramolecular Hbond substituents is 1. The van der Waals surface area contributed by atoms with Crippen molar-refractivity contribution in [3.05, 3.63) is 28.8 Å². The SMILES string of the molecule is NC(=O)CC(O)C(O)c1cccc(O)c1Cl. The van der Waals surface area contributed by atoms with E-state index in [1.807, 2.05) is 0 Å². The molecular formula is C10H12ClNO4. The minimum atomic E-state index is -1.37. The summed E-state index contributed by atoms with van der Waals surface area (Å²) in [5.74, 6) is -0.938. The first-order valence-corrected chi connectivity index (χ1v) is 4.93. The smallest absolute Gasteiger partial charge is 0.220 e. The lowest BCUT2D eigenvalue weighted by atomic mass is 10.0. The van der Waals surface area contributed by atoms with Crippen molar-refractivity contribution in [3.8, 4) is 5.75 Å². The van der Waals surface area contributed by atoms with Crippen LogP contribution in [0.15, 0.2) is 18.2 Å². The minimum Gasteiger partial charge on any atom is -0.506 e. The maximum absolute atomic E-state index is 10.6. The van der Waals surface area contributed by atoms with Crippen molar-refractivity contribution in [3.63, 3.8) is 0 Å². The zero-order valence-electron chi connectivity index (χ0n) is 8.30. The lowest BCUT2D eigenvalue weighted by Crippen LogP contribution is -2.25. The van der Waals surface area contributed by atoms with Crippen LogP contribution in [0.2, 0.25) is 5.02 Å². The zero-order valence-corrected chi connectivity index (χ0v) is 9.05. The highest BCUT2D eigenvalue weighted by molar-refractivity contribution is 6.32. The van der Waals surface area contributed by atoms with Gasteiger partial charge in [-0.05, 0) is 6.07 Å². The Morgan fingerprint density at radius 3 is 2.62 bits per heavy atom. The number of halogens is 1. The molecule has 0 radical (unpaired) electrons. The fourth-order valence-electron chi connectivity index (χ4n) is 1.29. The van der Waals surface area contributed by atoms with Gasteiger partial charge in [0.2, 0.25) is 5.91 Å². The summed E-state index contributed by atoms with van der Waals surface area (Å²) in [5.41, 5.74) is 5.03. The molecule has 5 nitrogen and oxygen atoms in total. The van der Waals surface area contributed by atoms with Crippen LogP contribution in [0.4, 0.5) is 0 Å². The van der Waals surface area contributed by atoms with E-state index in [1.165, 1.54) is 18.2 Å². The fraction of sp³-hybridized carbons (Fsp3) is 0.300. The van der Waals surface area contributed by atoms with Gasteiger partial charge in [0.25, 0.3) is 0 Å². The van der Waals surface area contributed by atoms with Crippen molar-refractivity contribution < 1.29 is 20.1 Å². The molecule has 1 rings (SSSR count). The molecule has 1 aromatic carbocycles. The maximum atomic E-state index is 10.6. The van der Waals surface area contributed by atoms with E-state index in [9.17, 15) is 20.1 Å². The van der Waals surface area contributed by atoms with Crippen LogP contribution in [0.25, 0.3) is 0 Å². The van der Waals surface area contributed by atoms with Gasteiger partial charge in [-0.3, -0.25) is 4.79 Å². The number of carbonyl (C=O) groups is 1. The summed E-state index contributed by atoms with van der Waals surface area (Å²) in [6, 6.07) is 4.26.